The molecule has 1 aromatic carbocycles. The summed E-state index contributed by atoms with van der Waals surface area (Å²) in [7, 11) is 0. The van der Waals surface area contributed by atoms with Crippen LogP contribution in [0.2, 0.25) is 10.0 Å². The Bertz CT molecular complexity index is 857. The van der Waals surface area contributed by atoms with Crippen LogP contribution in [0.1, 0.15) is 25.5 Å². The minimum Gasteiger partial charge on any atom is -0.465 e. The Labute approximate surface area is 172 Å². The van der Waals surface area contributed by atoms with Gasteiger partial charge in [0.25, 0.3) is 0 Å². The lowest BCUT2D eigenvalue weighted by atomic mass is 9.90. The van der Waals surface area contributed by atoms with Crippen LogP contribution in [0.25, 0.3) is 0 Å². The Morgan fingerprint density at radius 1 is 1.33 bits per heavy atom. The number of halogens is 2. The highest BCUT2D eigenvalue weighted by molar-refractivity contribution is 7.99. The van der Waals surface area contributed by atoms with Crippen molar-refractivity contribution in [3.63, 3.8) is 0 Å². The van der Waals surface area contributed by atoms with Gasteiger partial charge in [0.15, 0.2) is 0 Å². The highest BCUT2D eigenvalue weighted by Crippen LogP contribution is 2.37. The van der Waals surface area contributed by atoms with Crippen LogP contribution >= 0.6 is 35.0 Å². The fourth-order valence-electron chi connectivity index (χ4n) is 2.99. The second-order valence-corrected chi connectivity index (χ2v) is 8.57. The summed E-state index contributed by atoms with van der Waals surface area (Å²) in [5, 5.41) is 13.4. The second-order valence-electron chi connectivity index (χ2n) is 6.75. The van der Waals surface area contributed by atoms with Gasteiger partial charge in [0, 0.05) is 23.5 Å². The maximum absolute atomic E-state index is 10.9. The molecule has 3 rings (SSSR count). The Balaban J connectivity index is 1.70. The van der Waals surface area contributed by atoms with E-state index in [4.69, 9.17) is 28.3 Å². The van der Waals surface area contributed by atoms with Gasteiger partial charge in [0.1, 0.15) is 10.8 Å². The van der Waals surface area contributed by atoms with Crippen molar-refractivity contribution in [2.75, 3.05) is 18.0 Å². The van der Waals surface area contributed by atoms with Gasteiger partial charge in [-0.05, 0) is 38.8 Å². The standard InChI is InChI=1S/C18H20Cl2N4O2S/c1-11-16(27-13-5-3-4-12(19)15(13)20)21-10-14(22-11)24-8-6-18(2,7-9-24)23-17(25)26/h3-5,10,23H,6-9H2,1-2H3,(H,25,26). The van der Waals surface area contributed by atoms with Crippen LogP contribution in [0.15, 0.2) is 34.3 Å². The number of amides is 1. The summed E-state index contributed by atoms with van der Waals surface area (Å²) >= 11 is 13.8. The fourth-order valence-corrected chi connectivity index (χ4v) is 4.32. The fraction of sp³-hybridized carbons (Fsp3) is 0.389. The van der Waals surface area contributed by atoms with Crippen LogP contribution in [0.4, 0.5) is 10.6 Å². The van der Waals surface area contributed by atoms with E-state index in [1.54, 1.807) is 12.3 Å². The molecule has 6 nitrogen and oxygen atoms in total. The van der Waals surface area contributed by atoms with E-state index < -0.39 is 11.6 Å². The predicted molar refractivity (Wildman–Crippen MR) is 108 cm³/mol. The van der Waals surface area contributed by atoms with Crippen molar-refractivity contribution >= 4 is 46.9 Å². The molecule has 1 aliphatic heterocycles. The molecule has 0 radical (unpaired) electrons. The zero-order chi connectivity index (χ0) is 19.6. The number of nitrogens with zero attached hydrogens (tertiary/aromatic N) is 3. The highest BCUT2D eigenvalue weighted by Gasteiger charge is 2.32. The van der Waals surface area contributed by atoms with E-state index in [9.17, 15) is 4.79 Å². The summed E-state index contributed by atoms with van der Waals surface area (Å²) in [6, 6.07) is 5.50. The minimum absolute atomic E-state index is 0.399. The summed E-state index contributed by atoms with van der Waals surface area (Å²) in [5.41, 5.74) is 0.412. The number of aryl methyl sites for hydroxylation is 1. The number of nitrogens with one attached hydrogen (secondary N) is 1. The van der Waals surface area contributed by atoms with E-state index in [1.807, 2.05) is 26.0 Å². The number of rotatable bonds is 4. The van der Waals surface area contributed by atoms with E-state index in [1.165, 1.54) is 11.8 Å². The van der Waals surface area contributed by atoms with Crippen molar-refractivity contribution in [1.82, 2.24) is 15.3 Å². The molecule has 0 atom stereocenters. The lowest BCUT2D eigenvalue weighted by molar-refractivity contribution is 0.173. The molecule has 0 bridgehead atoms. The molecule has 2 N–H and O–H groups in total. The number of carbonyl (C=O) groups is 1. The molecule has 0 spiro atoms. The van der Waals surface area contributed by atoms with Crippen LogP contribution < -0.4 is 10.2 Å². The van der Waals surface area contributed by atoms with Crippen molar-refractivity contribution in [2.24, 2.45) is 0 Å². The highest BCUT2D eigenvalue weighted by atomic mass is 35.5. The van der Waals surface area contributed by atoms with Gasteiger partial charge < -0.3 is 15.3 Å². The van der Waals surface area contributed by atoms with Gasteiger partial charge in [-0.2, -0.15) is 0 Å². The first-order valence-corrected chi connectivity index (χ1v) is 10.1. The van der Waals surface area contributed by atoms with E-state index in [2.05, 4.69) is 20.2 Å². The monoisotopic (exact) mass is 426 g/mol. The third-order valence-corrected chi connectivity index (χ3v) is 6.70. The van der Waals surface area contributed by atoms with E-state index in [0.717, 1.165) is 34.5 Å². The third kappa shape index (κ3) is 4.78. The maximum atomic E-state index is 10.9. The Hall–Kier alpha value is -1.70. The van der Waals surface area contributed by atoms with Gasteiger partial charge in [0.05, 0.1) is 21.9 Å². The first-order valence-electron chi connectivity index (χ1n) is 8.49. The summed E-state index contributed by atoms with van der Waals surface area (Å²) < 4.78 is 0. The first kappa shape index (κ1) is 20.0. The average Bonchev–Trinajstić information content (AvgIpc) is 2.60. The largest absolute Gasteiger partial charge is 0.465 e. The number of anilines is 1. The van der Waals surface area contributed by atoms with E-state index >= 15 is 0 Å². The summed E-state index contributed by atoms with van der Waals surface area (Å²) in [6.07, 6.45) is 2.20. The quantitative estimate of drug-likeness (QED) is 0.725. The van der Waals surface area contributed by atoms with Gasteiger partial charge >= 0.3 is 6.09 Å². The molecule has 1 fully saturated rings. The topological polar surface area (TPSA) is 78.4 Å². The number of hydrogen-bond acceptors (Lipinski definition) is 5. The average molecular weight is 427 g/mol. The molecule has 144 valence electrons. The zero-order valence-electron chi connectivity index (χ0n) is 15.0. The number of hydrogen-bond donors (Lipinski definition) is 2. The zero-order valence-corrected chi connectivity index (χ0v) is 17.3. The van der Waals surface area contributed by atoms with E-state index in [0.29, 0.717) is 22.9 Å². The molecule has 0 aliphatic carbocycles. The van der Waals surface area contributed by atoms with Crippen molar-refractivity contribution in [3.8, 4) is 0 Å². The lowest BCUT2D eigenvalue weighted by Crippen LogP contribution is -2.53. The maximum Gasteiger partial charge on any atom is 0.405 e. The first-order chi connectivity index (χ1) is 12.8. The number of aromatic nitrogens is 2. The Morgan fingerprint density at radius 2 is 2.04 bits per heavy atom. The van der Waals surface area contributed by atoms with E-state index in [-0.39, 0.29) is 0 Å². The minimum atomic E-state index is -0.984. The molecule has 2 aromatic rings. The predicted octanol–water partition coefficient (Wildman–Crippen LogP) is 4.87. The molecular weight excluding hydrogens is 407 g/mol. The lowest BCUT2D eigenvalue weighted by Gasteiger charge is -2.39. The van der Waals surface area contributed by atoms with Crippen molar-refractivity contribution < 1.29 is 9.90 Å². The molecule has 0 saturated carbocycles. The van der Waals surface area contributed by atoms with Crippen LogP contribution in [-0.4, -0.2) is 39.8 Å². The molecule has 1 saturated heterocycles. The molecule has 1 aliphatic rings. The van der Waals surface area contributed by atoms with Crippen molar-refractivity contribution in [3.05, 3.63) is 40.1 Å². The molecule has 1 amide bonds. The number of piperidine rings is 1. The van der Waals surface area contributed by atoms with Gasteiger partial charge in [-0.1, -0.05) is 41.0 Å². The van der Waals surface area contributed by atoms with Crippen LogP contribution in [0, 0.1) is 6.92 Å². The van der Waals surface area contributed by atoms with Gasteiger partial charge in [0.2, 0.25) is 0 Å². The van der Waals surface area contributed by atoms with Gasteiger partial charge in [-0.15, -0.1) is 0 Å². The van der Waals surface area contributed by atoms with Gasteiger partial charge in [-0.3, -0.25) is 0 Å². The summed E-state index contributed by atoms with van der Waals surface area (Å²) in [4.78, 5) is 23.1. The Morgan fingerprint density at radius 3 is 2.67 bits per heavy atom. The molecule has 1 aromatic heterocycles. The summed E-state index contributed by atoms with van der Waals surface area (Å²) in [6.45, 7) is 5.29. The number of benzene rings is 1. The molecule has 27 heavy (non-hydrogen) atoms. The van der Waals surface area contributed by atoms with Crippen LogP contribution in [0.5, 0.6) is 0 Å². The third-order valence-electron chi connectivity index (χ3n) is 4.61. The molecule has 9 heteroatoms. The molecular formula is C18H20Cl2N4O2S. The molecule has 2 heterocycles. The van der Waals surface area contributed by atoms with Crippen LogP contribution in [0.3, 0.4) is 0 Å². The number of carboxylic acid groups (broad SMARTS) is 1. The van der Waals surface area contributed by atoms with Crippen molar-refractivity contribution in [2.45, 2.75) is 42.1 Å². The SMILES string of the molecule is Cc1nc(N2CCC(C)(NC(=O)O)CC2)cnc1Sc1cccc(Cl)c1Cl. The second kappa shape index (κ2) is 8.12. The Kier molecular flexibility index (Phi) is 6.03. The summed E-state index contributed by atoms with van der Waals surface area (Å²) in [5.74, 6) is 0.798. The smallest absolute Gasteiger partial charge is 0.405 e. The van der Waals surface area contributed by atoms with Gasteiger partial charge in [-0.25, -0.2) is 14.8 Å². The van der Waals surface area contributed by atoms with Crippen LogP contribution in [-0.2, 0) is 0 Å². The normalized spacial score (nSPS) is 16.2. The van der Waals surface area contributed by atoms with Crippen molar-refractivity contribution in [1.29, 1.82) is 0 Å². The molecule has 0 unspecified atom stereocenters.